The predicted octanol–water partition coefficient (Wildman–Crippen LogP) is 2.19. The number of benzene rings is 1. The number of nitro benzene ring substituents is 1. The van der Waals surface area contributed by atoms with Crippen LogP contribution in [-0.4, -0.2) is 16.4 Å². The molecule has 0 heterocycles. The monoisotopic (exact) mass is 280 g/mol. The number of nitrogens with zero attached hydrogens (tertiary/aromatic N) is 1. The molecule has 0 aliphatic carbocycles. The Labute approximate surface area is 117 Å². The fraction of sp³-hybridized carbons (Fsp3) is 0.462. The van der Waals surface area contributed by atoms with E-state index < -0.39 is 4.92 Å². The highest BCUT2D eigenvalue weighted by Crippen LogP contribution is 2.27. The Morgan fingerprint density at radius 2 is 2.10 bits per heavy atom. The van der Waals surface area contributed by atoms with E-state index in [1.54, 1.807) is 0 Å². The van der Waals surface area contributed by atoms with Crippen LogP contribution in [0.5, 0.6) is 0 Å². The van der Waals surface area contributed by atoms with E-state index in [1.807, 2.05) is 20.8 Å². The van der Waals surface area contributed by atoms with Crippen LogP contribution in [0.2, 0.25) is 0 Å². The van der Waals surface area contributed by atoms with Crippen molar-refractivity contribution < 1.29 is 9.72 Å². The van der Waals surface area contributed by atoms with Gasteiger partial charge in [-0.3, -0.25) is 20.8 Å². The first-order chi connectivity index (χ1) is 9.32. The van der Waals surface area contributed by atoms with Crippen LogP contribution in [0.1, 0.15) is 44.0 Å². The second kappa shape index (κ2) is 6.33. The van der Waals surface area contributed by atoms with Gasteiger partial charge in [0, 0.05) is 11.6 Å². The van der Waals surface area contributed by atoms with Crippen molar-refractivity contribution in [1.29, 1.82) is 0 Å². The van der Waals surface area contributed by atoms with E-state index in [2.05, 4.69) is 10.7 Å². The molecule has 110 valence electrons. The standard InChI is InChI=1S/C13H20N4O3/c1-4-8-13(2,3)15-12(18)9-6-5-7-10(17(19)20)11(9)16-14/h5-7,16H,4,8,14H2,1-3H3,(H,15,18). The molecule has 0 aromatic heterocycles. The van der Waals surface area contributed by atoms with Crippen molar-refractivity contribution in [2.75, 3.05) is 5.43 Å². The van der Waals surface area contributed by atoms with Crippen molar-refractivity contribution >= 4 is 17.3 Å². The summed E-state index contributed by atoms with van der Waals surface area (Å²) in [6.45, 7) is 5.83. The first kappa shape index (κ1) is 15.9. The lowest BCUT2D eigenvalue weighted by Crippen LogP contribution is -2.43. The molecule has 0 bridgehead atoms. The Bertz CT molecular complexity index is 514. The molecule has 0 saturated carbocycles. The van der Waals surface area contributed by atoms with Crippen molar-refractivity contribution in [1.82, 2.24) is 5.32 Å². The number of nitrogens with two attached hydrogens (primary N) is 1. The zero-order chi connectivity index (χ0) is 15.3. The number of rotatable bonds is 6. The molecule has 7 heteroatoms. The third-order valence-electron chi connectivity index (χ3n) is 2.96. The lowest BCUT2D eigenvalue weighted by Gasteiger charge is -2.26. The van der Waals surface area contributed by atoms with Gasteiger partial charge >= 0.3 is 0 Å². The van der Waals surface area contributed by atoms with Gasteiger partial charge in [0.1, 0.15) is 5.69 Å². The summed E-state index contributed by atoms with van der Waals surface area (Å²) < 4.78 is 0. The van der Waals surface area contributed by atoms with Gasteiger partial charge in [0.05, 0.1) is 10.5 Å². The molecule has 1 rings (SSSR count). The molecule has 0 radical (unpaired) electrons. The molecule has 1 aromatic rings. The summed E-state index contributed by atoms with van der Waals surface area (Å²) in [5, 5.41) is 13.8. The highest BCUT2D eigenvalue weighted by atomic mass is 16.6. The lowest BCUT2D eigenvalue weighted by molar-refractivity contribution is -0.384. The number of carbonyl (C=O) groups is 1. The van der Waals surface area contributed by atoms with Crippen LogP contribution in [0.25, 0.3) is 0 Å². The quantitative estimate of drug-likeness (QED) is 0.420. The maximum absolute atomic E-state index is 12.3. The maximum Gasteiger partial charge on any atom is 0.294 e. The largest absolute Gasteiger partial charge is 0.347 e. The minimum absolute atomic E-state index is 0.0160. The summed E-state index contributed by atoms with van der Waals surface area (Å²) in [7, 11) is 0. The SMILES string of the molecule is CCCC(C)(C)NC(=O)c1cccc([N+](=O)[O-])c1NN. The van der Waals surface area contributed by atoms with Gasteiger partial charge in [0.25, 0.3) is 11.6 Å². The van der Waals surface area contributed by atoms with Gasteiger partial charge in [-0.15, -0.1) is 0 Å². The first-order valence-electron chi connectivity index (χ1n) is 6.39. The number of anilines is 1. The van der Waals surface area contributed by atoms with E-state index in [1.165, 1.54) is 18.2 Å². The number of nitrogens with one attached hydrogen (secondary N) is 2. The molecule has 0 atom stereocenters. The minimum atomic E-state index is -0.580. The average Bonchev–Trinajstić information content (AvgIpc) is 2.36. The lowest BCUT2D eigenvalue weighted by atomic mass is 9.98. The highest BCUT2D eigenvalue weighted by molar-refractivity contribution is 6.01. The van der Waals surface area contributed by atoms with Crippen molar-refractivity contribution in [3.8, 4) is 0 Å². The van der Waals surface area contributed by atoms with Crippen LogP contribution in [0.15, 0.2) is 18.2 Å². The number of nitro groups is 1. The van der Waals surface area contributed by atoms with Crippen molar-refractivity contribution in [2.45, 2.75) is 39.2 Å². The number of carbonyl (C=O) groups excluding carboxylic acids is 1. The zero-order valence-electron chi connectivity index (χ0n) is 11.9. The third-order valence-corrected chi connectivity index (χ3v) is 2.96. The van der Waals surface area contributed by atoms with Crippen LogP contribution < -0.4 is 16.6 Å². The minimum Gasteiger partial charge on any atom is -0.347 e. The van der Waals surface area contributed by atoms with E-state index in [9.17, 15) is 14.9 Å². The van der Waals surface area contributed by atoms with Gasteiger partial charge in [-0.05, 0) is 26.3 Å². The highest BCUT2D eigenvalue weighted by Gasteiger charge is 2.25. The molecule has 0 saturated heterocycles. The number of hydrazine groups is 1. The van der Waals surface area contributed by atoms with E-state index in [4.69, 9.17) is 5.84 Å². The fourth-order valence-corrected chi connectivity index (χ4v) is 2.10. The molecule has 0 aliphatic rings. The maximum atomic E-state index is 12.3. The molecular weight excluding hydrogens is 260 g/mol. The summed E-state index contributed by atoms with van der Waals surface area (Å²) in [5.41, 5.74) is 1.80. The second-order valence-electron chi connectivity index (χ2n) is 5.19. The van der Waals surface area contributed by atoms with Crippen molar-refractivity contribution in [3.05, 3.63) is 33.9 Å². The van der Waals surface area contributed by atoms with Crippen LogP contribution in [0.3, 0.4) is 0 Å². The molecule has 20 heavy (non-hydrogen) atoms. The molecule has 0 spiro atoms. The topological polar surface area (TPSA) is 110 Å². The summed E-state index contributed by atoms with van der Waals surface area (Å²) in [6, 6.07) is 4.25. The number of nitrogen functional groups attached to an aromatic ring is 1. The van der Waals surface area contributed by atoms with Crippen molar-refractivity contribution in [2.24, 2.45) is 5.84 Å². The molecule has 1 amide bonds. The van der Waals surface area contributed by atoms with E-state index in [-0.39, 0.29) is 28.4 Å². The van der Waals surface area contributed by atoms with E-state index in [0.29, 0.717) is 0 Å². The predicted molar refractivity (Wildman–Crippen MR) is 77.4 cm³/mol. The Morgan fingerprint density at radius 3 is 2.60 bits per heavy atom. The molecule has 7 nitrogen and oxygen atoms in total. The van der Waals surface area contributed by atoms with Gasteiger partial charge in [-0.25, -0.2) is 0 Å². The van der Waals surface area contributed by atoms with Gasteiger partial charge in [-0.1, -0.05) is 19.4 Å². The van der Waals surface area contributed by atoms with Gasteiger partial charge < -0.3 is 10.7 Å². The number of para-hydroxylation sites is 1. The normalized spacial score (nSPS) is 11.0. The first-order valence-corrected chi connectivity index (χ1v) is 6.39. The van der Waals surface area contributed by atoms with Crippen LogP contribution in [0.4, 0.5) is 11.4 Å². The summed E-state index contributed by atoms with van der Waals surface area (Å²) in [6.07, 6.45) is 1.73. The molecule has 1 aromatic carbocycles. The Kier molecular flexibility index (Phi) is 5.04. The Hall–Kier alpha value is -2.15. The van der Waals surface area contributed by atoms with E-state index in [0.717, 1.165) is 12.8 Å². The van der Waals surface area contributed by atoms with Crippen LogP contribution in [0, 0.1) is 10.1 Å². The molecule has 0 unspecified atom stereocenters. The van der Waals surface area contributed by atoms with E-state index >= 15 is 0 Å². The molecule has 0 fully saturated rings. The van der Waals surface area contributed by atoms with Crippen molar-refractivity contribution in [3.63, 3.8) is 0 Å². The Balaban J connectivity index is 3.10. The van der Waals surface area contributed by atoms with Gasteiger partial charge in [-0.2, -0.15) is 0 Å². The second-order valence-corrected chi connectivity index (χ2v) is 5.19. The van der Waals surface area contributed by atoms with Crippen LogP contribution >= 0.6 is 0 Å². The molecular formula is C13H20N4O3. The summed E-state index contributed by atoms with van der Waals surface area (Å²) in [4.78, 5) is 22.6. The fourth-order valence-electron chi connectivity index (χ4n) is 2.10. The average molecular weight is 280 g/mol. The number of hydrogen-bond acceptors (Lipinski definition) is 5. The third kappa shape index (κ3) is 3.67. The molecule has 4 N–H and O–H groups in total. The van der Waals surface area contributed by atoms with Crippen LogP contribution in [-0.2, 0) is 0 Å². The zero-order valence-corrected chi connectivity index (χ0v) is 11.9. The molecule has 0 aliphatic heterocycles. The summed E-state index contributed by atoms with van der Waals surface area (Å²) >= 11 is 0. The smallest absolute Gasteiger partial charge is 0.294 e. The van der Waals surface area contributed by atoms with Gasteiger partial charge in [0.15, 0.2) is 0 Å². The number of hydrogen-bond donors (Lipinski definition) is 3. The Morgan fingerprint density at radius 1 is 1.45 bits per heavy atom. The summed E-state index contributed by atoms with van der Waals surface area (Å²) in [5.74, 6) is 4.93. The van der Waals surface area contributed by atoms with Gasteiger partial charge in [0.2, 0.25) is 0 Å². The number of amides is 1.